The van der Waals surface area contributed by atoms with Gasteiger partial charge in [-0.25, -0.2) is 4.98 Å². The lowest BCUT2D eigenvalue weighted by molar-refractivity contribution is -0.274. The molecule has 6 nitrogen and oxygen atoms in total. The van der Waals surface area contributed by atoms with E-state index < -0.39 is 6.36 Å². The SMILES string of the molecule is CCN(C(=O)C1=CC1)c1cc(-c2ccc(OC(F)(F)F)cc2)cc(N(CC)C(=O)C2CC2)n1. The highest BCUT2D eigenvalue weighted by molar-refractivity contribution is 6.08. The summed E-state index contributed by atoms with van der Waals surface area (Å²) in [6.07, 6.45) is -0.608. The molecule has 0 atom stereocenters. The van der Waals surface area contributed by atoms with Crippen molar-refractivity contribution in [1.82, 2.24) is 4.98 Å². The van der Waals surface area contributed by atoms with Gasteiger partial charge in [-0.2, -0.15) is 0 Å². The number of carbonyl (C=O) groups excluding carboxylic acids is 2. The highest BCUT2D eigenvalue weighted by Crippen LogP contribution is 2.35. The van der Waals surface area contributed by atoms with Crippen LogP contribution in [0.15, 0.2) is 48.0 Å². The second kappa shape index (κ2) is 8.88. The average Bonchev–Trinajstić information content (AvgIpc) is 3.67. The van der Waals surface area contributed by atoms with Crippen LogP contribution in [0.4, 0.5) is 24.8 Å². The fourth-order valence-corrected chi connectivity index (χ4v) is 3.58. The molecule has 1 fully saturated rings. The highest BCUT2D eigenvalue weighted by Gasteiger charge is 2.35. The Morgan fingerprint density at radius 1 is 1.00 bits per heavy atom. The van der Waals surface area contributed by atoms with Gasteiger partial charge in [-0.1, -0.05) is 18.2 Å². The van der Waals surface area contributed by atoms with Crippen molar-refractivity contribution in [2.75, 3.05) is 22.9 Å². The van der Waals surface area contributed by atoms with Gasteiger partial charge in [0.1, 0.15) is 17.4 Å². The van der Waals surface area contributed by atoms with Crippen molar-refractivity contribution >= 4 is 23.5 Å². The predicted molar refractivity (Wildman–Crippen MR) is 118 cm³/mol. The Morgan fingerprint density at radius 3 is 2.06 bits per heavy atom. The zero-order chi connectivity index (χ0) is 23.8. The highest BCUT2D eigenvalue weighted by atomic mass is 19.4. The first-order valence-corrected chi connectivity index (χ1v) is 10.9. The third-order valence-corrected chi connectivity index (χ3v) is 5.53. The minimum absolute atomic E-state index is 0.0127. The van der Waals surface area contributed by atoms with E-state index in [1.165, 1.54) is 24.3 Å². The van der Waals surface area contributed by atoms with E-state index in [0.717, 1.165) is 12.8 Å². The standard InChI is InChI=1S/C24H24F3N3O3/c1-3-29(22(31)16-5-6-16)20-13-18(15-9-11-19(12-10-15)33-24(25,26)27)14-21(28-20)30(4-2)23(32)17-7-8-17/h5,9-14,17H,3-4,6-8H2,1-2H3. The Morgan fingerprint density at radius 2 is 1.58 bits per heavy atom. The van der Waals surface area contributed by atoms with E-state index in [1.807, 2.05) is 19.9 Å². The number of pyridine rings is 1. The van der Waals surface area contributed by atoms with E-state index in [4.69, 9.17) is 0 Å². The number of allylic oxidation sites excluding steroid dienone is 1. The van der Waals surface area contributed by atoms with E-state index in [2.05, 4.69) is 9.72 Å². The topological polar surface area (TPSA) is 62.7 Å². The zero-order valence-electron chi connectivity index (χ0n) is 18.4. The van der Waals surface area contributed by atoms with Crippen LogP contribution in [0, 0.1) is 5.92 Å². The van der Waals surface area contributed by atoms with Gasteiger partial charge in [-0.05, 0) is 68.5 Å². The summed E-state index contributed by atoms with van der Waals surface area (Å²) in [5, 5.41) is 0. The second-order valence-corrected chi connectivity index (χ2v) is 7.98. The Bertz CT molecular complexity index is 1090. The Balaban J connectivity index is 1.74. The number of alkyl halides is 3. The molecule has 0 aliphatic heterocycles. The van der Waals surface area contributed by atoms with E-state index in [0.29, 0.717) is 47.8 Å². The number of hydrogen-bond acceptors (Lipinski definition) is 4. The van der Waals surface area contributed by atoms with E-state index in [9.17, 15) is 22.8 Å². The van der Waals surface area contributed by atoms with Crippen LogP contribution in [-0.4, -0.2) is 36.3 Å². The van der Waals surface area contributed by atoms with Crippen LogP contribution in [0.5, 0.6) is 5.75 Å². The molecule has 0 radical (unpaired) electrons. The molecule has 0 saturated heterocycles. The molecule has 1 heterocycles. The summed E-state index contributed by atoms with van der Waals surface area (Å²) in [6.45, 7) is 4.49. The van der Waals surface area contributed by atoms with Crippen molar-refractivity contribution in [3.05, 3.63) is 48.0 Å². The Kier molecular flexibility index (Phi) is 6.14. The van der Waals surface area contributed by atoms with Crippen molar-refractivity contribution in [2.45, 2.75) is 39.5 Å². The first kappa shape index (κ1) is 22.8. The number of ether oxygens (including phenoxy) is 1. The molecule has 174 valence electrons. The summed E-state index contributed by atoms with van der Waals surface area (Å²) in [6, 6.07) is 8.90. The zero-order valence-corrected chi connectivity index (χ0v) is 18.4. The summed E-state index contributed by atoms with van der Waals surface area (Å²) in [7, 11) is 0. The minimum Gasteiger partial charge on any atom is -0.406 e. The molecule has 1 saturated carbocycles. The Hall–Kier alpha value is -3.36. The van der Waals surface area contributed by atoms with E-state index in [-0.39, 0.29) is 23.5 Å². The van der Waals surface area contributed by atoms with Gasteiger partial charge in [0, 0.05) is 24.6 Å². The maximum absolute atomic E-state index is 12.8. The van der Waals surface area contributed by atoms with Crippen LogP contribution in [-0.2, 0) is 9.59 Å². The average molecular weight is 459 g/mol. The normalized spacial score (nSPS) is 15.0. The Labute approximate surface area is 189 Å². The van der Waals surface area contributed by atoms with Gasteiger partial charge >= 0.3 is 6.36 Å². The van der Waals surface area contributed by atoms with Crippen molar-refractivity contribution in [1.29, 1.82) is 0 Å². The fraction of sp³-hybridized carbons (Fsp3) is 0.375. The monoisotopic (exact) mass is 459 g/mol. The number of carbonyl (C=O) groups is 2. The molecule has 2 aromatic rings. The molecule has 4 rings (SSSR count). The summed E-state index contributed by atoms with van der Waals surface area (Å²) in [5.74, 6) is 0.304. The predicted octanol–water partition coefficient (Wildman–Crippen LogP) is 5.09. The number of rotatable bonds is 8. The molecule has 33 heavy (non-hydrogen) atoms. The first-order chi connectivity index (χ1) is 15.7. The summed E-state index contributed by atoms with van der Waals surface area (Å²) in [5.41, 5.74) is 1.95. The largest absolute Gasteiger partial charge is 0.573 e. The van der Waals surface area contributed by atoms with Gasteiger partial charge < -0.3 is 4.74 Å². The van der Waals surface area contributed by atoms with Gasteiger partial charge in [0.15, 0.2) is 0 Å². The molecular formula is C24H24F3N3O3. The van der Waals surface area contributed by atoms with E-state index in [1.54, 1.807) is 21.9 Å². The first-order valence-electron chi connectivity index (χ1n) is 10.9. The minimum atomic E-state index is -4.77. The summed E-state index contributed by atoms with van der Waals surface area (Å²) in [4.78, 5) is 33.4. The van der Waals surface area contributed by atoms with Gasteiger partial charge in [0.25, 0.3) is 5.91 Å². The number of hydrogen-bond donors (Lipinski definition) is 0. The third kappa shape index (κ3) is 5.35. The van der Waals surface area contributed by atoms with Gasteiger partial charge in [-0.3, -0.25) is 19.4 Å². The van der Waals surface area contributed by atoms with Crippen LogP contribution >= 0.6 is 0 Å². The van der Waals surface area contributed by atoms with Crippen molar-refractivity contribution in [2.24, 2.45) is 5.92 Å². The van der Waals surface area contributed by atoms with Crippen molar-refractivity contribution in [3.63, 3.8) is 0 Å². The summed E-state index contributed by atoms with van der Waals surface area (Å²) >= 11 is 0. The van der Waals surface area contributed by atoms with Gasteiger partial charge in [-0.15, -0.1) is 13.2 Å². The summed E-state index contributed by atoms with van der Waals surface area (Å²) < 4.78 is 41.5. The van der Waals surface area contributed by atoms with Crippen LogP contribution in [0.3, 0.4) is 0 Å². The third-order valence-electron chi connectivity index (χ3n) is 5.53. The van der Waals surface area contributed by atoms with Crippen LogP contribution in [0.2, 0.25) is 0 Å². The van der Waals surface area contributed by atoms with Crippen LogP contribution < -0.4 is 14.5 Å². The molecule has 1 aromatic carbocycles. The number of likely N-dealkylation sites (N-methyl/N-ethyl adjacent to an activating group) is 1. The number of amides is 2. The molecule has 1 aromatic heterocycles. The van der Waals surface area contributed by atoms with Crippen molar-refractivity contribution < 1.29 is 27.5 Å². The van der Waals surface area contributed by atoms with Crippen LogP contribution in [0.25, 0.3) is 11.1 Å². The maximum atomic E-state index is 12.8. The molecule has 2 amide bonds. The van der Waals surface area contributed by atoms with Gasteiger partial charge in [0.2, 0.25) is 5.91 Å². The molecule has 2 aliphatic rings. The lowest BCUT2D eigenvalue weighted by Gasteiger charge is -2.25. The van der Waals surface area contributed by atoms with Crippen LogP contribution in [0.1, 0.15) is 33.1 Å². The molecule has 0 bridgehead atoms. The maximum Gasteiger partial charge on any atom is 0.573 e. The number of nitrogens with zero attached hydrogens (tertiary/aromatic N) is 3. The second-order valence-electron chi connectivity index (χ2n) is 7.98. The molecular weight excluding hydrogens is 435 g/mol. The molecule has 9 heteroatoms. The van der Waals surface area contributed by atoms with E-state index >= 15 is 0 Å². The number of aromatic nitrogens is 1. The number of halogens is 3. The van der Waals surface area contributed by atoms with Gasteiger partial charge in [0.05, 0.1) is 0 Å². The quantitative estimate of drug-likeness (QED) is 0.552. The molecule has 0 unspecified atom stereocenters. The molecule has 0 N–H and O–H groups in total. The lowest BCUT2D eigenvalue weighted by Crippen LogP contribution is -2.34. The smallest absolute Gasteiger partial charge is 0.406 e. The lowest BCUT2D eigenvalue weighted by atomic mass is 10.1. The number of benzene rings is 1. The van der Waals surface area contributed by atoms with Crippen molar-refractivity contribution in [3.8, 4) is 16.9 Å². The molecule has 0 spiro atoms. The number of anilines is 2. The molecule has 2 aliphatic carbocycles. The fourth-order valence-electron chi connectivity index (χ4n) is 3.58.